The van der Waals surface area contributed by atoms with Crippen LogP contribution in [0.2, 0.25) is 0 Å². The first-order valence-electron chi connectivity index (χ1n) is 17.1. The molecule has 2 amide bonds. The second-order valence-corrected chi connectivity index (χ2v) is 13.0. The molecule has 1 saturated carbocycles. The third-order valence-corrected chi connectivity index (χ3v) is 9.81. The molecule has 0 unspecified atom stereocenters. The van der Waals surface area contributed by atoms with Crippen molar-refractivity contribution >= 4 is 23.9 Å². The van der Waals surface area contributed by atoms with Crippen LogP contribution in [-0.4, -0.2) is 96.4 Å². The summed E-state index contributed by atoms with van der Waals surface area (Å²) in [7, 11) is 0. The molecular formula is C38H41N3O10. The number of aliphatic hydroxyl groups is 2. The highest BCUT2D eigenvalue weighted by Gasteiger charge is 2.76. The van der Waals surface area contributed by atoms with Gasteiger partial charge in [0.05, 0.1) is 26.0 Å². The van der Waals surface area contributed by atoms with Crippen LogP contribution in [0.3, 0.4) is 0 Å². The summed E-state index contributed by atoms with van der Waals surface area (Å²) in [5, 5.41) is 25.1. The molecule has 3 saturated heterocycles. The van der Waals surface area contributed by atoms with Gasteiger partial charge < -0.3 is 39.8 Å². The van der Waals surface area contributed by atoms with E-state index in [9.17, 15) is 14.4 Å². The van der Waals surface area contributed by atoms with Crippen LogP contribution in [0.1, 0.15) is 35.1 Å². The van der Waals surface area contributed by atoms with E-state index in [1.165, 1.54) is 11.3 Å². The van der Waals surface area contributed by atoms with Crippen molar-refractivity contribution in [1.29, 1.82) is 0 Å². The number of hydrogen-bond donors (Lipinski definition) is 4. The van der Waals surface area contributed by atoms with Crippen LogP contribution in [0.5, 0.6) is 0 Å². The number of amides is 2. The zero-order chi connectivity index (χ0) is 35.4. The largest absolute Gasteiger partial charge is 0.499 e. The van der Waals surface area contributed by atoms with Crippen molar-refractivity contribution in [2.45, 2.75) is 55.6 Å². The van der Waals surface area contributed by atoms with E-state index < -0.39 is 53.5 Å². The summed E-state index contributed by atoms with van der Waals surface area (Å²) in [6, 6.07) is 25.4. The Morgan fingerprint density at radius 1 is 0.902 bits per heavy atom. The number of aliphatic hydroxyl groups excluding tert-OH is 2. The van der Waals surface area contributed by atoms with E-state index in [1.54, 1.807) is 6.08 Å². The van der Waals surface area contributed by atoms with E-state index in [0.717, 1.165) is 22.3 Å². The highest BCUT2D eigenvalue weighted by Crippen LogP contribution is 2.59. The molecule has 13 heteroatoms. The third kappa shape index (κ3) is 6.52. The van der Waals surface area contributed by atoms with Crippen LogP contribution in [0, 0.1) is 5.41 Å². The minimum Gasteiger partial charge on any atom is -0.499 e. The van der Waals surface area contributed by atoms with Crippen molar-refractivity contribution in [1.82, 2.24) is 15.7 Å². The Morgan fingerprint density at radius 2 is 1.63 bits per heavy atom. The lowest BCUT2D eigenvalue weighted by atomic mass is 9.62. The average molecular weight is 700 g/mol. The molecule has 2 bridgehead atoms. The van der Waals surface area contributed by atoms with Gasteiger partial charge in [-0.05, 0) is 17.2 Å². The van der Waals surface area contributed by atoms with E-state index in [-0.39, 0.29) is 58.2 Å². The van der Waals surface area contributed by atoms with Crippen molar-refractivity contribution in [3.63, 3.8) is 0 Å². The molecular weight excluding hydrogens is 658 g/mol. The monoisotopic (exact) mass is 699 g/mol. The van der Waals surface area contributed by atoms with Gasteiger partial charge in [-0.3, -0.25) is 19.2 Å². The summed E-state index contributed by atoms with van der Waals surface area (Å²) in [5.74, 6) is -2.77. The number of carbonyl (C=O) groups is 3. The molecule has 7 rings (SSSR count). The normalized spacial score (nSPS) is 27.5. The zero-order valence-electron chi connectivity index (χ0n) is 27.9. The van der Waals surface area contributed by atoms with Crippen molar-refractivity contribution in [3.05, 3.63) is 113 Å². The molecule has 268 valence electrons. The Kier molecular flexibility index (Phi) is 10.2. The fourth-order valence-corrected chi connectivity index (χ4v) is 7.65. The van der Waals surface area contributed by atoms with E-state index in [1.807, 2.05) is 84.9 Å². The zero-order valence-corrected chi connectivity index (χ0v) is 27.9. The van der Waals surface area contributed by atoms with Crippen molar-refractivity contribution < 1.29 is 48.4 Å². The SMILES string of the molecule is O=C(CCNC(=O)[C@@]12C[C@H]3OC(=O)[C@@H]1N(Cc1cccc(C=COCCO)c1)O[C@@H]2[C@H]1OC(c2ccccc2)(c2ccccc2)O[C@H]13)NCCO. The number of carbonyl (C=O) groups excluding carboxylic acids is 3. The van der Waals surface area contributed by atoms with Gasteiger partial charge in [0.25, 0.3) is 0 Å². The molecule has 51 heavy (non-hydrogen) atoms. The van der Waals surface area contributed by atoms with Crippen LogP contribution >= 0.6 is 0 Å². The van der Waals surface area contributed by atoms with Gasteiger partial charge in [-0.25, -0.2) is 0 Å². The summed E-state index contributed by atoms with van der Waals surface area (Å²) in [6.07, 6.45) is -0.0174. The predicted octanol–water partition coefficient (Wildman–Crippen LogP) is 1.77. The molecule has 4 aliphatic rings. The number of nitrogens with zero attached hydrogens (tertiary/aromatic N) is 1. The lowest BCUT2D eigenvalue weighted by Gasteiger charge is -2.48. The highest BCUT2D eigenvalue weighted by molar-refractivity contribution is 5.94. The minimum absolute atomic E-state index is 0.00710. The number of hydrogen-bond acceptors (Lipinski definition) is 11. The molecule has 4 fully saturated rings. The number of hydroxylamine groups is 2. The van der Waals surface area contributed by atoms with E-state index in [0.29, 0.717) is 0 Å². The Balaban J connectivity index is 1.24. The van der Waals surface area contributed by atoms with Gasteiger partial charge in [0.1, 0.15) is 36.4 Å². The molecule has 1 aliphatic carbocycles. The van der Waals surface area contributed by atoms with Crippen LogP contribution in [0.25, 0.3) is 6.08 Å². The van der Waals surface area contributed by atoms with Crippen LogP contribution in [0.15, 0.2) is 91.2 Å². The molecule has 0 aromatic heterocycles. The Morgan fingerprint density at radius 3 is 2.33 bits per heavy atom. The number of rotatable bonds is 14. The van der Waals surface area contributed by atoms with Crippen molar-refractivity contribution in [3.8, 4) is 0 Å². The third-order valence-electron chi connectivity index (χ3n) is 9.81. The molecule has 13 nitrogen and oxygen atoms in total. The first-order chi connectivity index (χ1) is 24.9. The summed E-state index contributed by atoms with van der Waals surface area (Å²) >= 11 is 0. The lowest BCUT2D eigenvalue weighted by molar-refractivity contribution is -0.213. The number of esters is 1. The minimum atomic E-state index is -1.44. The second-order valence-electron chi connectivity index (χ2n) is 13.0. The smallest absolute Gasteiger partial charge is 0.327 e. The molecule has 3 aliphatic heterocycles. The first kappa shape index (κ1) is 34.8. The molecule has 3 aromatic rings. The number of fused-ring (bicyclic) bond motifs is 4. The maximum absolute atomic E-state index is 14.5. The van der Waals surface area contributed by atoms with Crippen LogP contribution in [-0.2, 0) is 50.5 Å². The number of benzene rings is 3. The first-order valence-corrected chi connectivity index (χ1v) is 17.1. The van der Waals surface area contributed by atoms with Gasteiger partial charge in [0, 0.05) is 37.1 Å². The quantitative estimate of drug-likeness (QED) is 0.110. The standard InChI is InChI=1S/C38H41N3O10/c42-18-17-39-30(44)14-16-40-36(46)37-23-29-31-32(50-38(49-31,27-10-3-1-4-11-27)28-12-5-2-6-13-28)34(37)51-41(33(37)35(45)48-29)24-26-9-7-8-25(22-26)15-20-47-21-19-43/h1-13,15,20,22,29,31-34,42-43H,14,16-19,21,23-24H2,(H,39,44)(H,40,46)/t29-,31+,32+,33+,34-,37+/m1/s1. The molecule has 4 N–H and O–H groups in total. The number of ether oxygens (including phenoxy) is 4. The summed E-state index contributed by atoms with van der Waals surface area (Å²) in [6.45, 7) is 0.125. The molecule has 6 atom stereocenters. The van der Waals surface area contributed by atoms with Gasteiger partial charge in [0.15, 0.2) is 6.04 Å². The average Bonchev–Trinajstić information content (AvgIpc) is 3.73. The number of nitrogens with one attached hydrogen (secondary N) is 2. The summed E-state index contributed by atoms with van der Waals surface area (Å²) < 4.78 is 25.3. The van der Waals surface area contributed by atoms with Gasteiger partial charge in [-0.15, -0.1) is 0 Å². The molecule has 0 spiro atoms. The van der Waals surface area contributed by atoms with E-state index in [4.69, 9.17) is 34.0 Å². The topological polar surface area (TPSA) is 165 Å². The fourth-order valence-electron chi connectivity index (χ4n) is 7.65. The van der Waals surface area contributed by atoms with Crippen LogP contribution < -0.4 is 10.6 Å². The van der Waals surface area contributed by atoms with Gasteiger partial charge in [-0.2, -0.15) is 5.06 Å². The molecule has 3 aromatic carbocycles. The summed E-state index contributed by atoms with van der Waals surface area (Å²) in [5.41, 5.74) is 1.65. The van der Waals surface area contributed by atoms with Gasteiger partial charge in [-0.1, -0.05) is 84.9 Å². The van der Waals surface area contributed by atoms with E-state index >= 15 is 0 Å². The molecule has 0 radical (unpaired) electrons. The summed E-state index contributed by atoms with van der Waals surface area (Å²) in [4.78, 5) is 47.6. The van der Waals surface area contributed by atoms with Crippen molar-refractivity contribution in [2.24, 2.45) is 5.41 Å². The maximum atomic E-state index is 14.5. The maximum Gasteiger partial charge on any atom is 0.327 e. The van der Waals surface area contributed by atoms with E-state index in [2.05, 4.69) is 10.6 Å². The van der Waals surface area contributed by atoms with Crippen LogP contribution in [0.4, 0.5) is 0 Å². The Hall–Kier alpha value is -4.63. The Bertz CT molecular complexity index is 1700. The van der Waals surface area contributed by atoms with Gasteiger partial charge >= 0.3 is 5.97 Å². The lowest BCUT2D eigenvalue weighted by Crippen LogP contribution is -2.69. The molecule has 3 heterocycles. The highest BCUT2D eigenvalue weighted by atomic mass is 16.8. The van der Waals surface area contributed by atoms with Crippen molar-refractivity contribution in [2.75, 3.05) is 32.9 Å². The Labute approximate surface area is 295 Å². The second kappa shape index (κ2) is 14.9. The van der Waals surface area contributed by atoms with Gasteiger partial charge in [0.2, 0.25) is 17.6 Å². The predicted molar refractivity (Wildman–Crippen MR) is 181 cm³/mol. The fraction of sp³-hybridized carbons (Fsp3) is 0.395.